The van der Waals surface area contributed by atoms with Crippen molar-refractivity contribution in [2.45, 2.75) is 58.6 Å². The van der Waals surface area contributed by atoms with Crippen LogP contribution in [0.3, 0.4) is 0 Å². The summed E-state index contributed by atoms with van der Waals surface area (Å²) in [5.41, 5.74) is 2.05. The number of fused-ring (bicyclic) bond motifs is 1. The van der Waals surface area contributed by atoms with Crippen LogP contribution in [0.1, 0.15) is 46.1 Å². The number of halogens is 1. The topological polar surface area (TPSA) is 96.0 Å². The molecule has 1 unspecified atom stereocenters. The number of aromatic amines is 1. The normalized spacial score (nSPS) is 16.9. The zero-order valence-corrected chi connectivity index (χ0v) is 18.9. The number of H-pyrrole nitrogens is 1. The monoisotopic (exact) mass is 440 g/mol. The van der Waals surface area contributed by atoms with Crippen LogP contribution in [-0.2, 0) is 11.2 Å². The number of ether oxygens (including phenoxy) is 1. The number of aryl methyl sites for hydroxylation is 1. The maximum absolute atomic E-state index is 14.1. The maximum Gasteiger partial charge on any atom is 0.410 e. The summed E-state index contributed by atoms with van der Waals surface area (Å²) < 4.78 is 19.6. The molecule has 3 aromatic rings. The number of para-hydroxylation sites is 1. The first-order valence-electron chi connectivity index (χ1n) is 11.0. The molecule has 1 aliphatic heterocycles. The Morgan fingerprint density at radius 3 is 2.94 bits per heavy atom. The standard InChI is InChI=1S/C23H29FN6O2/c1-5-14-12-25-21(26-15-8-7-11-30(13-15)22(31)32-23(2,3)4)27-18(14)20-16-9-6-10-17(24)19(16)28-29-20/h6,9-10,12,15H,5,7-8,11,13H2,1-4H3,(H,28,29)(H,25,26,27). The molecule has 1 saturated heterocycles. The molecule has 9 heteroatoms. The van der Waals surface area contributed by atoms with Gasteiger partial charge in [0.2, 0.25) is 5.95 Å². The van der Waals surface area contributed by atoms with E-state index >= 15 is 0 Å². The Morgan fingerprint density at radius 2 is 2.19 bits per heavy atom. The van der Waals surface area contributed by atoms with Crippen LogP contribution < -0.4 is 5.32 Å². The number of anilines is 1. The summed E-state index contributed by atoms with van der Waals surface area (Å²) in [7, 11) is 0. The van der Waals surface area contributed by atoms with Crippen LogP contribution in [0, 0.1) is 5.82 Å². The number of hydrogen-bond acceptors (Lipinski definition) is 6. The molecule has 32 heavy (non-hydrogen) atoms. The van der Waals surface area contributed by atoms with Crippen molar-refractivity contribution in [1.29, 1.82) is 0 Å². The molecule has 1 amide bonds. The molecule has 1 aliphatic rings. The number of carbonyl (C=O) groups excluding carboxylic acids is 1. The fraction of sp³-hybridized carbons (Fsp3) is 0.478. The second-order valence-electron chi connectivity index (χ2n) is 9.07. The van der Waals surface area contributed by atoms with E-state index in [0.29, 0.717) is 35.8 Å². The first-order chi connectivity index (χ1) is 15.2. The molecular weight excluding hydrogens is 411 g/mol. The molecule has 2 N–H and O–H groups in total. The highest BCUT2D eigenvalue weighted by atomic mass is 19.1. The third-order valence-electron chi connectivity index (χ3n) is 5.42. The minimum Gasteiger partial charge on any atom is -0.444 e. The minimum absolute atomic E-state index is 0.00699. The molecule has 170 valence electrons. The van der Waals surface area contributed by atoms with Crippen molar-refractivity contribution in [2.24, 2.45) is 0 Å². The average Bonchev–Trinajstić information content (AvgIpc) is 3.18. The Balaban J connectivity index is 1.56. The largest absolute Gasteiger partial charge is 0.444 e. The average molecular weight is 441 g/mol. The third kappa shape index (κ3) is 4.66. The van der Waals surface area contributed by atoms with Gasteiger partial charge in [-0.2, -0.15) is 5.10 Å². The predicted molar refractivity (Wildman–Crippen MR) is 121 cm³/mol. The summed E-state index contributed by atoms with van der Waals surface area (Å²) in [6, 6.07) is 4.88. The predicted octanol–water partition coefficient (Wildman–Crippen LogP) is 4.53. The second kappa shape index (κ2) is 8.72. The molecule has 4 rings (SSSR count). The molecular formula is C23H29FN6O2. The van der Waals surface area contributed by atoms with Crippen LogP contribution in [0.5, 0.6) is 0 Å². The van der Waals surface area contributed by atoms with Gasteiger partial charge in [-0.05, 0) is 51.7 Å². The number of likely N-dealkylation sites (tertiary alicyclic amines) is 1. The zero-order chi connectivity index (χ0) is 22.9. The summed E-state index contributed by atoms with van der Waals surface area (Å²) in [4.78, 5) is 23.4. The van der Waals surface area contributed by atoms with Crippen LogP contribution in [0.4, 0.5) is 15.1 Å². The van der Waals surface area contributed by atoms with Crippen molar-refractivity contribution in [3.8, 4) is 11.4 Å². The van der Waals surface area contributed by atoms with E-state index in [4.69, 9.17) is 9.72 Å². The molecule has 0 saturated carbocycles. The minimum atomic E-state index is -0.530. The Hall–Kier alpha value is -3.23. The molecule has 0 aliphatic carbocycles. The van der Waals surface area contributed by atoms with E-state index in [1.54, 1.807) is 17.2 Å². The lowest BCUT2D eigenvalue weighted by Crippen LogP contribution is -2.47. The summed E-state index contributed by atoms with van der Waals surface area (Å²) >= 11 is 0. The lowest BCUT2D eigenvalue weighted by molar-refractivity contribution is 0.0206. The van der Waals surface area contributed by atoms with Gasteiger partial charge in [0.15, 0.2) is 5.82 Å². The lowest BCUT2D eigenvalue weighted by Gasteiger charge is -2.34. The Morgan fingerprint density at radius 1 is 1.38 bits per heavy atom. The van der Waals surface area contributed by atoms with Gasteiger partial charge in [-0.3, -0.25) is 5.10 Å². The van der Waals surface area contributed by atoms with Gasteiger partial charge in [0, 0.05) is 30.7 Å². The molecule has 3 heterocycles. The Bertz CT molecular complexity index is 1120. The molecule has 2 aromatic heterocycles. The van der Waals surface area contributed by atoms with E-state index in [0.717, 1.165) is 24.8 Å². The van der Waals surface area contributed by atoms with E-state index < -0.39 is 5.60 Å². The van der Waals surface area contributed by atoms with Gasteiger partial charge in [0.1, 0.15) is 11.1 Å². The van der Waals surface area contributed by atoms with Crippen LogP contribution in [0.15, 0.2) is 24.4 Å². The fourth-order valence-electron chi connectivity index (χ4n) is 3.90. The summed E-state index contributed by atoms with van der Waals surface area (Å²) in [5.74, 6) is 0.0901. The van der Waals surface area contributed by atoms with Crippen molar-refractivity contribution in [1.82, 2.24) is 25.1 Å². The fourth-order valence-corrected chi connectivity index (χ4v) is 3.90. The van der Waals surface area contributed by atoms with Crippen molar-refractivity contribution in [2.75, 3.05) is 18.4 Å². The van der Waals surface area contributed by atoms with Crippen molar-refractivity contribution in [3.63, 3.8) is 0 Å². The molecule has 1 fully saturated rings. The van der Waals surface area contributed by atoms with Gasteiger partial charge >= 0.3 is 6.09 Å². The zero-order valence-electron chi connectivity index (χ0n) is 18.9. The van der Waals surface area contributed by atoms with E-state index in [1.165, 1.54) is 6.07 Å². The number of hydrogen-bond donors (Lipinski definition) is 2. The highest BCUT2D eigenvalue weighted by Crippen LogP contribution is 2.29. The molecule has 1 aromatic carbocycles. The van der Waals surface area contributed by atoms with Crippen LogP contribution in [0.2, 0.25) is 0 Å². The van der Waals surface area contributed by atoms with Gasteiger partial charge in [-0.1, -0.05) is 19.1 Å². The summed E-state index contributed by atoms with van der Waals surface area (Å²) in [5, 5.41) is 11.1. The molecule has 0 bridgehead atoms. The van der Waals surface area contributed by atoms with Gasteiger partial charge in [0.25, 0.3) is 0 Å². The second-order valence-corrected chi connectivity index (χ2v) is 9.07. The number of aromatic nitrogens is 4. The number of nitrogens with one attached hydrogen (secondary N) is 2. The SMILES string of the molecule is CCc1cnc(NC2CCCN(C(=O)OC(C)(C)C)C2)nc1-c1[nH]nc2c(F)cccc12. The van der Waals surface area contributed by atoms with Gasteiger partial charge in [-0.15, -0.1) is 0 Å². The van der Waals surface area contributed by atoms with E-state index in [9.17, 15) is 9.18 Å². The highest BCUT2D eigenvalue weighted by Gasteiger charge is 2.28. The van der Waals surface area contributed by atoms with Crippen LogP contribution in [-0.4, -0.2) is 55.9 Å². The van der Waals surface area contributed by atoms with Crippen LogP contribution >= 0.6 is 0 Å². The van der Waals surface area contributed by atoms with Crippen molar-refractivity contribution < 1.29 is 13.9 Å². The number of carbonyl (C=O) groups is 1. The molecule has 0 radical (unpaired) electrons. The van der Waals surface area contributed by atoms with Crippen molar-refractivity contribution in [3.05, 3.63) is 35.8 Å². The number of nitrogens with zero attached hydrogens (tertiary/aromatic N) is 4. The van der Waals surface area contributed by atoms with E-state index in [-0.39, 0.29) is 23.5 Å². The molecule has 1 atom stereocenters. The smallest absolute Gasteiger partial charge is 0.410 e. The number of rotatable bonds is 4. The van der Waals surface area contributed by atoms with E-state index in [2.05, 4.69) is 20.5 Å². The number of amides is 1. The number of piperidine rings is 1. The first-order valence-corrected chi connectivity index (χ1v) is 11.0. The van der Waals surface area contributed by atoms with E-state index in [1.807, 2.05) is 33.8 Å². The molecule has 8 nitrogen and oxygen atoms in total. The maximum atomic E-state index is 14.1. The quantitative estimate of drug-likeness (QED) is 0.619. The van der Waals surface area contributed by atoms with Gasteiger partial charge in [0.05, 0.1) is 11.4 Å². The lowest BCUT2D eigenvalue weighted by atomic mass is 10.1. The Labute approximate surface area is 186 Å². The first kappa shape index (κ1) is 22.0. The van der Waals surface area contributed by atoms with Gasteiger partial charge in [-0.25, -0.2) is 19.2 Å². The third-order valence-corrected chi connectivity index (χ3v) is 5.42. The number of benzene rings is 1. The van der Waals surface area contributed by atoms with Crippen LogP contribution in [0.25, 0.3) is 22.3 Å². The summed E-state index contributed by atoms with van der Waals surface area (Å²) in [6.45, 7) is 8.79. The van der Waals surface area contributed by atoms with Crippen molar-refractivity contribution >= 4 is 22.9 Å². The van der Waals surface area contributed by atoms with Gasteiger partial charge < -0.3 is 15.0 Å². The Kier molecular flexibility index (Phi) is 5.99. The molecule has 0 spiro atoms. The highest BCUT2D eigenvalue weighted by molar-refractivity contribution is 5.93. The summed E-state index contributed by atoms with van der Waals surface area (Å²) in [6.07, 6.45) is 3.96.